The molecule has 2 rings (SSSR count). The van der Waals surface area contributed by atoms with Crippen LogP contribution >= 0.6 is 0 Å². The maximum atomic E-state index is 12.1. The first-order valence-electron chi connectivity index (χ1n) is 5.85. The molecule has 10 heteroatoms. The van der Waals surface area contributed by atoms with E-state index in [0.29, 0.717) is 0 Å². The summed E-state index contributed by atoms with van der Waals surface area (Å²) in [7, 11) is -2.33. The first-order chi connectivity index (χ1) is 9.90. The first kappa shape index (κ1) is 14.8. The van der Waals surface area contributed by atoms with Gasteiger partial charge in [-0.25, -0.2) is 8.42 Å². The van der Waals surface area contributed by atoms with E-state index in [1.807, 2.05) is 0 Å². The Morgan fingerprint density at radius 2 is 2.19 bits per heavy atom. The van der Waals surface area contributed by atoms with Crippen molar-refractivity contribution in [3.63, 3.8) is 0 Å². The molecule has 0 spiro atoms. The van der Waals surface area contributed by atoms with Gasteiger partial charge < -0.3 is 10.3 Å². The highest BCUT2D eigenvalue weighted by Crippen LogP contribution is 2.13. The van der Waals surface area contributed by atoms with Crippen LogP contribution in [0.15, 0.2) is 40.4 Å². The molecule has 0 radical (unpaired) electrons. The predicted molar refractivity (Wildman–Crippen MR) is 74.2 cm³/mol. The van der Waals surface area contributed by atoms with E-state index in [9.17, 15) is 18.0 Å². The molecule has 0 aliphatic heterocycles. The van der Waals surface area contributed by atoms with Gasteiger partial charge in [-0.1, -0.05) is 0 Å². The maximum Gasteiger partial charge on any atom is 0.263 e. The molecule has 0 saturated carbocycles. The van der Waals surface area contributed by atoms with Crippen LogP contribution in [0.3, 0.4) is 0 Å². The number of hydrogen-bond donors (Lipinski definition) is 3. The van der Waals surface area contributed by atoms with E-state index in [0.717, 1.165) is 12.3 Å². The lowest BCUT2D eigenvalue weighted by molar-refractivity contribution is -0.121. The fourth-order valence-electron chi connectivity index (χ4n) is 1.51. The van der Waals surface area contributed by atoms with Gasteiger partial charge in [-0.15, -0.1) is 0 Å². The number of carbonyl (C=O) groups is 1. The summed E-state index contributed by atoms with van der Waals surface area (Å²) in [5.74, 6) is -0.256. The van der Waals surface area contributed by atoms with Gasteiger partial charge >= 0.3 is 0 Å². The SMILES string of the molecule is CNC(=O)Cn1cc(NS(=O)(=O)c2ccc(=O)[nH]c2)cn1. The lowest BCUT2D eigenvalue weighted by atomic mass is 10.5. The van der Waals surface area contributed by atoms with E-state index in [4.69, 9.17) is 0 Å². The van der Waals surface area contributed by atoms with Crippen molar-refractivity contribution in [3.8, 4) is 0 Å². The Labute approximate surface area is 120 Å². The lowest BCUT2D eigenvalue weighted by Crippen LogP contribution is -2.23. The number of nitrogens with one attached hydrogen (secondary N) is 3. The summed E-state index contributed by atoms with van der Waals surface area (Å²) >= 11 is 0. The van der Waals surface area contributed by atoms with E-state index < -0.39 is 15.6 Å². The van der Waals surface area contributed by atoms with Crippen LogP contribution in [0.25, 0.3) is 0 Å². The summed E-state index contributed by atoms with van der Waals surface area (Å²) in [5, 5.41) is 6.30. The molecular weight excluding hydrogens is 298 g/mol. The number of sulfonamides is 1. The van der Waals surface area contributed by atoms with Crippen molar-refractivity contribution in [2.24, 2.45) is 0 Å². The van der Waals surface area contributed by atoms with E-state index in [-0.39, 0.29) is 23.0 Å². The number of aromatic amines is 1. The van der Waals surface area contributed by atoms with E-state index in [1.165, 1.54) is 30.2 Å². The second-order valence-electron chi connectivity index (χ2n) is 4.09. The van der Waals surface area contributed by atoms with Crippen molar-refractivity contribution in [1.82, 2.24) is 20.1 Å². The van der Waals surface area contributed by atoms with Crippen LogP contribution in [-0.2, 0) is 21.4 Å². The Kier molecular flexibility index (Phi) is 4.08. The standard InChI is InChI=1S/C11H13N5O4S/c1-12-11(18)7-16-6-8(4-14-16)15-21(19,20)9-2-3-10(17)13-5-9/h2-6,15H,7H2,1H3,(H,12,18)(H,13,17). The minimum Gasteiger partial charge on any atom is -0.358 e. The number of anilines is 1. The molecule has 0 aliphatic carbocycles. The van der Waals surface area contributed by atoms with Crippen molar-refractivity contribution in [3.05, 3.63) is 41.1 Å². The van der Waals surface area contributed by atoms with Gasteiger partial charge in [-0.2, -0.15) is 5.10 Å². The topological polar surface area (TPSA) is 126 Å². The Balaban J connectivity index is 2.15. The van der Waals surface area contributed by atoms with E-state index in [2.05, 4.69) is 20.1 Å². The number of carbonyl (C=O) groups excluding carboxylic acids is 1. The molecule has 2 heterocycles. The first-order valence-corrected chi connectivity index (χ1v) is 7.33. The molecule has 0 saturated heterocycles. The zero-order valence-electron chi connectivity index (χ0n) is 11.0. The van der Waals surface area contributed by atoms with Gasteiger partial charge in [0.2, 0.25) is 11.5 Å². The summed E-state index contributed by atoms with van der Waals surface area (Å²) < 4.78 is 27.7. The number of nitrogens with zero attached hydrogens (tertiary/aromatic N) is 2. The van der Waals surface area contributed by atoms with Crippen LogP contribution < -0.4 is 15.6 Å². The van der Waals surface area contributed by atoms with Gasteiger partial charge in [-0.05, 0) is 6.07 Å². The monoisotopic (exact) mass is 311 g/mol. The Hall–Kier alpha value is -2.62. The Morgan fingerprint density at radius 3 is 2.81 bits per heavy atom. The van der Waals surface area contributed by atoms with Gasteiger partial charge in [0, 0.05) is 25.5 Å². The highest BCUT2D eigenvalue weighted by Gasteiger charge is 2.15. The van der Waals surface area contributed by atoms with Crippen molar-refractivity contribution < 1.29 is 13.2 Å². The molecule has 0 unspecified atom stereocenters. The summed E-state index contributed by atoms with van der Waals surface area (Å²) in [5.41, 5.74) is -0.183. The molecule has 0 atom stereocenters. The Morgan fingerprint density at radius 1 is 1.43 bits per heavy atom. The average molecular weight is 311 g/mol. The van der Waals surface area contributed by atoms with Crippen molar-refractivity contribution in [2.75, 3.05) is 11.8 Å². The molecule has 9 nitrogen and oxygen atoms in total. The number of amides is 1. The van der Waals surface area contributed by atoms with Gasteiger partial charge in [0.05, 0.1) is 11.9 Å². The summed E-state index contributed by atoms with van der Waals surface area (Å²) in [6.45, 7) is -0.0170. The van der Waals surface area contributed by atoms with Gasteiger partial charge in [0.25, 0.3) is 10.0 Å². The van der Waals surface area contributed by atoms with Gasteiger partial charge in [-0.3, -0.25) is 19.0 Å². The molecular formula is C11H13N5O4S. The zero-order valence-corrected chi connectivity index (χ0v) is 11.8. The van der Waals surface area contributed by atoms with Crippen LogP contribution in [0.5, 0.6) is 0 Å². The number of rotatable bonds is 5. The van der Waals surface area contributed by atoms with E-state index >= 15 is 0 Å². The third-order valence-corrected chi connectivity index (χ3v) is 3.91. The predicted octanol–water partition coefficient (Wildman–Crippen LogP) is -0.882. The van der Waals surface area contributed by atoms with E-state index in [1.54, 1.807) is 0 Å². The van der Waals surface area contributed by atoms with Crippen LogP contribution in [0.2, 0.25) is 0 Å². The van der Waals surface area contributed by atoms with Gasteiger partial charge in [0.15, 0.2) is 0 Å². The highest BCUT2D eigenvalue weighted by molar-refractivity contribution is 7.92. The molecule has 112 valence electrons. The molecule has 21 heavy (non-hydrogen) atoms. The van der Waals surface area contributed by atoms with Crippen LogP contribution in [0.4, 0.5) is 5.69 Å². The molecule has 0 aromatic carbocycles. The molecule has 2 aromatic heterocycles. The normalized spacial score (nSPS) is 11.1. The van der Waals surface area contributed by atoms with Crippen LogP contribution in [0.1, 0.15) is 0 Å². The Bertz CT molecular complexity index is 788. The number of pyridine rings is 1. The fourth-order valence-corrected chi connectivity index (χ4v) is 2.50. The molecule has 3 N–H and O–H groups in total. The molecule has 1 amide bonds. The smallest absolute Gasteiger partial charge is 0.263 e. The lowest BCUT2D eigenvalue weighted by Gasteiger charge is -2.04. The molecule has 0 fully saturated rings. The molecule has 2 aromatic rings. The van der Waals surface area contributed by atoms with Crippen molar-refractivity contribution >= 4 is 21.6 Å². The molecule has 0 bridgehead atoms. The summed E-state index contributed by atoms with van der Waals surface area (Å²) in [6.07, 6.45) is 3.77. The largest absolute Gasteiger partial charge is 0.358 e. The number of H-pyrrole nitrogens is 1. The highest BCUT2D eigenvalue weighted by atomic mass is 32.2. The average Bonchev–Trinajstić information content (AvgIpc) is 2.85. The second kappa shape index (κ2) is 5.79. The zero-order chi connectivity index (χ0) is 15.5. The minimum atomic E-state index is -3.82. The summed E-state index contributed by atoms with van der Waals surface area (Å²) in [4.78, 5) is 24.3. The third kappa shape index (κ3) is 3.69. The minimum absolute atomic E-state index is 0.0170. The van der Waals surface area contributed by atoms with Crippen molar-refractivity contribution in [2.45, 2.75) is 11.4 Å². The van der Waals surface area contributed by atoms with Gasteiger partial charge in [0.1, 0.15) is 11.4 Å². The number of likely N-dealkylation sites (N-methyl/N-ethyl adjacent to an activating group) is 1. The fraction of sp³-hybridized carbons (Fsp3) is 0.182. The number of hydrogen-bond acceptors (Lipinski definition) is 5. The third-order valence-electron chi connectivity index (χ3n) is 2.54. The number of aromatic nitrogens is 3. The van der Waals surface area contributed by atoms with Crippen LogP contribution in [0, 0.1) is 0 Å². The molecule has 0 aliphatic rings. The van der Waals surface area contributed by atoms with Crippen molar-refractivity contribution in [1.29, 1.82) is 0 Å². The second-order valence-corrected chi connectivity index (χ2v) is 5.78. The summed E-state index contributed by atoms with van der Waals surface area (Å²) in [6, 6.07) is 2.31. The quantitative estimate of drug-likeness (QED) is 0.661. The maximum absolute atomic E-state index is 12.1. The van der Waals surface area contributed by atoms with Crippen LogP contribution in [-0.4, -0.2) is 36.1 Å².